The van der Waals surface area contributed by atoms with Gasteiger partial charge in [0.1, 0.15) is 11.3 Å². The van der Waals surface area contributed by atoms with E-state index in [1.54, 1.807) is 12.1 Å². The summed E-state index contributed by atoms with van der Waals surface area (Å²) in [5.41, 5.74) is 5.87. The van der Waals surface area contributed by atoms with Gasteiger partial charge in [0.15, 0.2) is 5.58 Å². The van der Waals surface area contributed by atoms with Crippen molar-refractivity contribution in [1.29, 1.82) is 0 Å². The number of aryl methyl sites for hydroxylation is 3. The zero-order chi connectivity index (χ0) is 13.6. The van der Waals surface area contributed by atoms with Gasteiger partial charge in [0.25, 0.3) is 0 Å². The van der Waals surface area contributed by atoms with Gasteiger partial charge < -0.3 is 4.42 Å². The van der Waals surface area contributed by atoms with Crippen molar-refractivity contribution in [3.63, 3.8) is 0 Å². The Morgan fingerprint density at radius 3 is 2.37 bits per heavy atom. The zero-order valence-electron chi connectivity index (χ0n) is 11.1. The molecule has 0 radical (unpaired) electrons. The number of oxazole rings is 1. The molecule has 2 nitrogen and oxygen atoms in total. The topological polar surface area (TPSA) is 26.0 Å². The summed E-state index contributed by atoms with van der Waals surface area (Å²) in [4.78, 5) is 4.54. The maximum Gasteiger partial charge on any atom is 0.227 e. The Bertz CT molecular complexity index is 757. The lowest BCUT2D eigenvalue weighted by Gasteiger charge is -2.01. The molecule has 0 fully saturated rings. The third-order valence-corrected chi connectivity index (χ3v) is 3.46. The number of nitrogens with zero attached hydrogens (tertiary/aromatic N) is 1. The number of fused-ring (bicyclic) bond motifs is 1. The lowest BCUT2D eigenvalue weighted by Crippen LogP contribution is -1.85. The Balaban J connectivity index is 2.24. The van der Waals surface area contributed by atoms with Crippen LogP contribution in [0.5, 0.6) is 0 Å². The second-order valence-electron chi connectivity index (χ2n) is 4.84. The Kier molecular flexibility index (Phi) is 2.63. The van der Waals surface area contributed by atoms with E-state index in [2.05, 4.69) is 18.0 Å². The van der Waals surface area contributed by atoms with E-state index in [1.807, 2.05) is 13.8 Å². The van der Waals surface area contributed by atoms with E-state index in [9.17, 15) is 4.39 Å². The van der Waals surface area contributed by atoms with Gasteiger partial charge in [-0.2, -0.15) is 0 Å². The smallest absolute Gasteiger partial charge is 0.227 e. The van der Waals surface area contributed by atoms with Gasteiger partial charge in [-0.15, -0.1) is 0 Å². The molecule has 0 amide bonds. The van der Waals surface area contributed by atoms with Gasteiger partial charge >= 0.3 is 0 Å². The molecule has 0 bridgehead atoms. The summed E-state index contributed by atoms with van der Waals surface area (Å²) < 4.78 is 18.8. The minimum absolute atomic E-state index is 0.261. The molecule has 0 atom stereocenters. The third kappa shape index (κ3) is 1.91. The molecular formula is C16H14FNO. The molecule has 3 aromatic rings. The van der Waals surface area contributed by atoms with Gasteiger partial charge in [-0.05, 0) is 61.7 Å². The number of benzene rings is 2. The monoisotopic (exact) mass is 255 g/mol. The van der Waals surface area contributed by atoms with Crippen molar-refractivity contribution in [3.8, 4) is 11.5 Å². The third-order valence-electron chi connectivity index (χ3n) is 3.46. The lowest BCUT2D eigenvalue weighted by molar-refractivity contribution is 0.614. The minimum Gasteiger partial charge on any atom is -0.436 e. The van der Waals surface area contributed by atoms with E-state index < -0.39 is 0 Å². The fourth-order valence-electron chi connectivity index (χ4n) is 2.24. The summed E-state index contributed by atoms with van der Waals surface area (Å²) in [7, 11) is 0. The average molecular weight is 255 g/mol. The van der Waals surface area contributed by atoms with Crippen LogP contribution in [-0.2, 0) is 0 Å². The summed E-state index contributed by atoms with van der Waals surface area (Å²) >= 11 is 0. The fourth-order valence-corrected chi connectivity index (χ4v) is 2.24. The van der Waals surface area contributed by atoms with E-state index in [1.165, 1.54) is 17.7 Å². The van der Waals surface area contributed by atoms with Crippen molar-refractivity contribution in [2.75, 3.05) is 0 Å². The van der Waals surface area contributed by atoms with E-state index in [4.69, 9.17) is 4.42 Å². The predicted molar refractivity (Wildman–Crippen MR) is 73.6 cm³/mol. The molecule has 19 heavy (non-hydrogen) atoms. The van der Waals surface area contributed by atoms with Crippen LogP contribution in [0, 0.1) is 26.6 Å². The highest BCUT2D eigenvalue weighted by Crippen LogP contribution is 2.30. The maximum atomic E-state index is 12.9. The average Bonchev–Trinajstić information content (AvgIpc) is 2.83. The van der Waals surface area contributed by atoms with Crippen molar-refractivity contribution in [1.82, 2.24) is 4.98 Å². The van der Waals surface area contributed by atoms with Crippen LogP contribution in [0.2, 0.25) is 0 Å². The maximum absolute atomic E-state index is 12.9. The molecule has 0 unspecified atom stereocenters. The molecule has 96 valence electrons. The number of hydrogen-bond acceptors (Lipinski definition) is 2. The first-order chi connectivity index (χ1) is 9.06. The molecule has 2 aromatic carbocycles. The van der Waals surface area contributed by atoms with Crippen LogP contribution in [0.3, 0.4) is 0 Å². The number of halogens is 1. The number of hydrogen-bond donors (Lipinski definition) is 0. The van der Waals surface area contributed by atoms with Crippen LogP contribution >= 0.6 is 0 Å². The van der Waals surface area contributed by atoms with Crippen molar-refractivity contribution in [3.05, 3.63) is 52.8 Å². The number of rotatable bonds is 1. The molecule has 0 spiro atoms. The Labute approximate surface area is 110 Å². The molecule has 0 aliphatic rings. The lowest BCUT2D eigenvalue weighted by atomic mass is 10.1. The second kappa shape index (κ2) is 4.19. The molecule has 0 saturated heterocycles. The highest BCUT2D eigenvalue weighted by molar-refractivity contribution is 5.83. The SMILES string of the molecule is Cc1cc(C)c2oc(-c3ccc(F)cc3)nc2c1C. The zero-order valence-corrected chi connectivity index (χ0v) is 11.1. The quantitative estimate of drug-likeness (QED) is 0.637. The molecule has 3 rings (SSSR count). The molecule has 0 aliphatic heterocycles. The molecule has 1 heterocycles. The summed E-state index contributed by atoms with van der Waals surface area (Å²) in [5.74, 6) is 0.273. The van der Waals surface area contributed by atoms with Gasteiger partial charge in [-0.25, -0.2) is 9.37 Å². The van der Waals surface area contributed by atoms with Crippen LogP contribution in [0.1, 0.15) is 16.7 Å². The second-order valence-corrected chi connectivity index (χ2v) is 4.84. The molecule has 0 saturated carbocycles. The van der Waals surface area contributed by atoms with Crippen LogP contribution in [0.15, 0.2) is 34.7 Å². The van der Waals surface area contributed by atoms with Crippen molar-refractivity contribution >= 4 is 11.1 Å². The van der Waals surface area contributed by atoms with Crippen LogP contribution in [0.4, 0.5) is 4.39 Å². The first kappa shape index (κ1) is 11.9. The van der Waals surface area contributed by atoms with Crippen molar-refractivity contribution in [2.45, 2.75) is 20.8 Å². The van der Waals surface area contributed by atoms with E-state index in [0.29, 0.717) is 5.89 Å². The van der Waals surface area contributed by atoms with Gasteiger partial charge in [0.2, 0.25) is 5.89 Å². The van der Waals surface area contributed by atoms with Crippen molar-refractivity contribution < 1.29 is 8.81 Å². The fraction of sp³-hybridized carbons (Fsp3) is 0.188. The molecule has 1 aromatic heterocycles. The largest absolute Gasteiger partial charge is 0.436 e. The Morgan fingerprint density at radius 1 is 1.00 bits per heavy atom. The van der Waals surface area contributed by atoms with Crippen LogP contribution in [0.25, 0.3) is 22.6 Å². The van der Waals surface area contributed by atoms with Gasteiger partial charge in [-0.3, -0.25) is 0 Å². The van der Waals surface area contributed by atoms with Crippen LogP contribution in [-0.4, -0.2) is 4.98 Å². The summed E-state index contributed by atoms with van der Waals surface area (Å²) in [5, 5.41) is 0. The molecular weight excluding hydrogens is 241 g/mol. The van der Waals surface area contributed by atoms with Crippen LogP contribution < -0.4 is 0 Å². The summed E-state index contributed by atoms with van der Waals surface area (Å²) in [6.45, 7) is 6.11. The molecule has 3 heteroatoms. The Morgan fingerprint density at radius 2 is 1.68 bits per heavy atom. The molecule has 0 aliphatic carbocycles. The minimum atomic E-state index is -0.261. The molecule has 0 N–H and O–H groups in total. The van der Waals surface area contributed by atoms with Gasteiger partial charge in [0, 0.05) is 5.56 Å². The normalized spacial score (nSPS) is 11.2. The highest BCUT2D eigenvalue weighted by Gasteiger charge is 2.13. The Hall–Kier alpha value is -2.16. The van der Waals surface area contributed by atoms with Gasteiger partial charge in [-0.1, -0.05) is 6.07 Å². The predicted octanol–water partition coefficient (Wildman–Crippen LogP) is 4.56. The van der Waals surface area contributed by atoms with Crippen molar-refractivity contribution in [2.24, 2.45) is 0 Å². The first-order valence-electron chi connectivity index (χ1n) is 6.19. The first-order valence-corrected chi connectivity index (χ1v) is 6.19. The summed E-state index contributed by atoms with van der Waals surface area (Å²) in [6, 6.07) is 8.27. The summed E-state index contributed by atoms with van der Waals surface area (Å²) in [6.07, 6.45) is 0. The van der Waals surface area contributed by atoms with E-state index in [-0.39, 0.29) is 5.82 Å². The highest BCUT2D eigenvalue weighted by atomic mass is 19.1. The number of aromatic nitrogens is 1. The van der Waals surface area contributed by atoms with Gasteiger partial charge in [0.05, 0.1) is 0 Å². The van der Waals surface area contributed by atoms with E-state index >= 15 is 0 Å². The van der Waals surface area contributed by atoms with E-state index in [0.717, 1.165) is 27.8 Å². The standard InChI is InChI=1S/C16H14FNO/c1-9-8-10(2)15-14(11(9)3)18-16(19-15)12-4-6-13(17)7-5-12/h4-8H,1-3H3.